The third-order valence-electron chi connectivity index (χ3n) is 4.45. The lowest BCUT2D eigenvalue weighted by Crippen LogP contribution is -2.34. The van der Waals surface area contributed by atoms with Gasteiger partial charge in [0.25, 0.3) is 5.91 Å². The lowest BCUT2D eigenvalue weighted by molar-refractivity contribution is 0.00302. The van der Waals surface area contributed by atoms with Crippen molar-refractivity contribution in [3.8, 4) is 0 Å². The van der Waals surface area contributed by atoms with Gasteiger partial charge in [-0.2, -0.15) is 0 Å². The van der Waals surface area contributed by atoms with Crippen molar-refractivity contribution in [2.75, 3.05) is 13.2 Å². The molecular weight excluding hydrogens is 270 g/mol. The van der Waals surface area contributed by atoms with Crippen molar-refractivity contribution in [1.82, 2.24) is 5.32 Å². The largest absolute Gasteiger partial charge is 0.378 e. The van der Waals surface area contributed by atoms with Crippen LogP contribution in [0.1, 0.15) is 53.4 Å². The maximum absolute atomic E-state index is 12.4. The number of hydrogen-bond donors (Lipinski definition) is 1. The quantitative estimate of drug-likeness (QED) is 0.929. The van der Waals surface area contributed by atoms with E-state index >= 15 is 0 Å². The molecule has 0 saturated carbocycles. The Bertz CT molecular complexity index is 483. The van der Waals surface area contributed by atoms with Gasteiger partial charge >= 0.3 is 0 Å². The molecule has 2 heterocycles. The number of thiophene rings is 1. The predicted octanol–water partition coefficient (Wildman–Crippen LogP) is 3.17. The van der Waals surface area contributed by atoms with Crippen molar-refractivity contribution >= 4 is 17.2 Å². The summed E-state index contributed by atoms with van der Waals surface area (Å²) >= 11 is 1.76. The van der Waals surface area contributed by atoms with Crippen molar-refractivity contribution < 1.29 is 9.53 Å². The third-order valence-corrected chi connectivity index (χ3v) is 5.54. The number of nitrogens with one attached hydrogen (secondary N) is 1. The fourth-order valence-electron chi connectivity index (χ4n) is 3.29. The van der Waals surface area contributed by atoms with Crippen LogP contribution in [0.5, 0.6) is 0 Å². The molecule has 0 bridgehead atoms. The first-order valence-electron chi connectivity index (χ1n) is 7.73. The Balaban J connectivity index is 1.58. The number of carbonyl (C=O) groups excluding carboxylic acids is 1. The molecule has 2 atom stereocenters. The average molecular weight is 293 g/mol. The van der Waals surface area contributed by atoms with E-state index in [1.165, 1.54) is 23.3 Å². The first-order chi connectivity index (χ1) is 9.74. The molecule has 110 valence electrons. The van der Waals surface area contributed by atoms with Crippen LogP contribution < -0.4 is 5.32 Å². The normalized spacial score (nSPS) is 26.1. The van der Waals surface area contributed by atoms with E-state index in [0.717, 1.165) is 44.4 Å². The Hall–Kier alpha value is -0.870. The third kappa shape index (κ3) is 3.07. The second-order valence-corrected chi connectivity index (χ2v) is 7.00. The Morgan fingerprint density at radius 2 is 2.30 bits per heavy atom. The van der Waals surface area contributed by atoms with E-state index in [-0.39, 0.29) is 5.91 Å². The number of carbonyl (C=O) groups is 1. The van der Waals surface area contributed by atoms with Crippen LogP contribution in [0.2, 0.25) is 0 Å². The van der Waals surface area contributed by atoms with Gasteiger partial charge in [0, 0.05) is 23.4 Å². The van der Waals surface area contributed by atoms with Crippen LogP contribution >= 0.6 is 11.3 Å². The number of hydrogen-bond acceptors (Lipinski definition) is 3. The summed E-state index contributed by atoms with van der Waals surface area (Å²) in [5, 5.41) is 5.19. The zero-order valence-electron chi connectivity index (χ0n) is 12.1. The molecule has 2 unspecified atom stereocenters. The first-order valence-corrected chi connectivity index (χ1v) is 8.61. The van der Waals surface area contributed by atoms with Crippen molar-refractivity contribution in [2.45, 2.75) is 51.6 Å². The van der Waals surface area contributed by atoms with Gasteiger partial charge in [-0.1, -0.05) is 0 Å². The van der Waals surface area contributed by atoms with Gasteiger partial charge in [0.1, 0.15) is 0 Å². The Labute approximate surface area is 124 Å². The van der Waals surface area contributed by atoms with Crippen LogP contribution in [0, 0.1) is 5.92 Å². The number of aryl methyl sites for hydroxylation is 1. The Kier molecular flexibility index (Phi) is 4.41. The summed E-state index contributed by atoms with van der Waals surface area (Å²) < 4.78 is 5.55. The van der Waals surface area contributed by atoms with Gasteiger partial charge in [0.15, 0.2) is 0 Å². The molecule has 1 aliphatic heterocycles. The number of rotatable bonds is 3. The standard InChI is InChI=1S/C16H23NO2S/c1-11-8-12(6-7-19-11)9-17-16(18)14-10-20-15-5-3-2-4-13(14)15/h10-12H,2-9H2,1H3,(H,17,18). The monoisotopic (exact) mass is 293 g/mol. The molecule has 1 amide bonds. The van der Waals surface area contributed by atoms with Gasteiger partial charge in [0.2, 0.25) is 0 Å². The van der Waals surface area contributed by atoms with Gasteiger partial charge in [-0.05, 0) is 56.9 Å². The van der Waals surface area contributed by atoms with Crippen LogP contribution in [-0.2, 0) is 17.6 Å². The predicted molar refractivity (Wildman–Crippen MR) is 81.4 cm³/mol. The Morgan fingerprint density at radius 1 is 1.45 bits per heavy atom. The van der Waals surface area contributed by atoms with Gasteiger partial charge < -0.3 is 10.1 Å². The number of ether oxygens (including phenoxy) is 1. The SMILES string of the molecule is CC1CC(CNC(=O)c2csc3c2CCCC3)CCO1. The van der Waals surface area contributed by atoms with Gasteiger partial charge in [0.05, 0.1) is 11.7 Å². The van der Waals surface area contributed by atoms with E-state index in [2.05, 4.69) is 17.6 Å². The smallest absolute Gasteiger partial charge is 0.252 e. The van der Waals surface area contributed by atoms with E-state index in [1.54, 1.807) is 11.3 Å². The molecule has 1 aromatic heterocycles. The molecule has 1 fully saturated rings. The van der Waals surface area contributed by atoms with Crippen LogP contribution in [0.4, 0.5) is 0 Å². The van der Waals surface area contributed by atoms with E-state index in [0.29, 0.717) is 12.0 Å². The summed E-state index contributed by atoms with van der Waals surface area (Å²) in [7, 11) is 0. The molecule has 1 N–H and O–H groups in total. The summed E-state index contributed by atoms with van der Waals surface area (Å²) in [5.74, 6) is 0.695. The Morgan fingerprint density at radius 3 is 3.15 bits per heavy atom. The molecule has 1 aliphatic carbocycles. The molecule has 0 radical (unpaired) electrons. The molecule has 3 rings (SSSR count). The first kappa shape index (κ1) is 14.1. The number of fused-ring (bicyclic) bond motifs is 1. The summed E-state index contributed by atoms with van der Waals surface area (Å²) in [4.78, 5) is 13.8. The van der Waals surface area contributed by atoms with Crippen molar-refractivity contribution in [2.24, 2.45) is 5.92 Å². The lowest BCUT2D eigenvalue weighted by atomic mass is 9.94. The van der Waals surface area contributed by atoms with E-state index in [1.807, 2.05) is 0 Å². The minimum atomic E-state index is 0.128. The van der Waals surface area contributed by atoms with E-state index in [4.69, 9.17) is 4.74 Å². The van der Waals surface area contributed by atoms with Gasteiger partial charge in [-0.3, -0.25) is 4.79 Å². The van der Waals surface area contributed by atoms with Gasteiger partial charge in [-0.15, -0.1) is 11.3 Å². The van der Waals surface area contributed by atoms with Crippen molar-refractivity contribution in [3.05, 3.63) is 21.4 Å². The second-order valence-electron chi connectivity index (χ2n) is 6.04. The summed E-state index contributed by atoms with van der Waals surface area (Å²) in [5.41, 5.74) is 2.25. The van der Waals surface area contributed by atoms with E-state index in [9.17, 15) is 4.79 Å². The number of amides is 1. The fraction of sp³-hybridized carbons (Fsp3) is 0.688. The zero-order chi connectivity index (χ0) is 13.9. The fourth-order valence-corrected chi connectivity index (χ4v) is 4.42. The summed E-state index contributed by atoms with van der Waals surface area (Å²) in [6.45, 7) is 3.73. The topological polar surface area (TPSA) is 38.3 Å². The average Bonchev–Trinajstić information content (AvgIpc) is 2.89. The van der Waals surface area contributed by atoms with E-state index < -0.39 is 0 Å². The van der Waals surface area contributed by atoms with Crippen LogP contribution in [-0.4, -0.2) is 25.2 Å². The maximum Gasteiger partial charge on any atom is 0.252 e. The minimum absolute atomic E-state index is 0.128. The summed E-state index contributed by atoms with van der Waals surface area (Å²) in [6, 6.07) is 0. The molecule has 3 nitrogen and oxygen atoms in total. The molecule has 1 saturated heterocycles. The molecule has 1 aromatic rings. The molecule has 0 aromatic carbocycles. The minimum Gasteiger partial charge on any atom is -0.378 e. The van der Waals surface area contributed by atoms with Crippen LogP contribution in [0.15, 0.2) is 5.38 Å². The van der Waals surface area contributed by atoms with Crippen LogP contribution in [0.25, 0.3) is 0 Å². The molecule has 0 spiro atoms. The molecular formula is C16H23NO2S. The molecule has 4 heteroatoms. The second kappa shape index (κ2) is 6.27. The van der Waals surface area contributed by atoms with Gasteiger partial charge in [-0.25, -0.2) is 0 Å². The van der Waals surface area contributed by atoms with Crippen molar-refractivity contribution in [3.63, 3.8) is 0 Å². The highest BCUT2D eigenvalue weighted by Gasteiger charge is 2.22. The summed E-state index contributed by atoms with van der Waals surface area (Å²) in [6.07, 6.45) is 7.19. The molecule has 20 heavy (non-hydrogen) atoms. The highest BCUT2D eigenvalue weighted by atomic mass is 32.1. The van der Waals surface area contributed by atoms with Crippen LogP contribution in [0.3, 0.4) is 0 Å². The maximum atomic E-state index is 12.4. The highest BCUT2D eigenvalue weighted by molar-refractivity contribution is 7.10. The van der Waals surface area contributed by atoms with Crippen molar-refractivity contribution in [1.29, 1.82) is 0 Å². The zero-order valence-corrected chi connectivity index (χ0v) is 12.9. The lowest BCUT2D eigenvalue weighted by Gasteiger charge is -2.27. The molecule has 2 aliphatic rings. The highest BCUT2D eigenvalue weighted by Crippen LogP contribution is 2.30.